The lowest BCUT2D eigenvalue weighted by atomic mass is 10.00. The van der Waals surface area contributed by atoms with E-state index in [1.807, 2.05) is 12.1 Å². The minimum atomic E-state index is 0.686. The standard InChI is InChI=1S/C64H42N4/c1-4-15-43(16-5-1)44-27-29-45(30-28-44)46-31-35-52(36-32-46)67-61-26-13-11-24-55(61)57-40-49(34-38-62(57)67)50-33-37-56-54-23-10-12-25-60(54)68(63(56)41-50)53-22-14-21-51(39-53)64-65-58(47-17-6-2-7-18-47)42-59(66-64)48-19-8-3-9-20-48/h1-42H. The lowest BCUT2D eigenvalue weighted by molar-refractivity contribution is 1.16. The normalized spacial score (nSPS) is 11.5. The van der Waals surface area contributed by atoms with Gasteiger partial charge in [-0.05, 0) is 94.0 Å². The molecule has 3 aromatic heterocycles. The number of hydrogen-bond acceptors (Lipinski definition) is 2. The molecule has 0 bridgehead atoms. The second kappa shape index (κ2) is 16.4. The average Bonchev–Trinajstić information content (AvgIpc) is 3.94. The molecule has 4 heteroatoms. The molecule has 13 aromatic rings. The van der Waals surface area contributed by atoms with Gasteiger partial charge in [-0.1, -0.05) is 194 Å². The minimum Gasteiger partial charge on any atom is -0.309 e. The molecule has 0 amide bonds. The Bertz CT molecular complexity index is 3920. The van der Waals surface area contributed by atoms with Crippen LogP contribution in [-0.4, -0.2) is 19.1 Å². The van der Waals surface area contributed by atoms with E-state index in [9.17, 15) is 0 Å². The molecule has 0 atom stereocenters. The van der Waals surface area contributed by atoms with E-state index in [2.05, 4.69) is 252 Å². The van der Waals surface area contributed by atoms with Gasteiger partial charge in [-0.2, -0.15) is 0 Å². The number of rotatable bonds is 8. The molecular weight excluding hydrogens is 825 g/mol. The predicted molar refractivity (Wildman–Crippen MR) is 283 cm³/mol. The number of benzene rings is 10. The maximum atomic E-state index is 5.17. The summed E-state index contributed by atoms with van der Waals surface area (Å²) in [6.07, 6.45) is 0. The summed E-state index contributed by atoms with van der Waals surface area (Å²) in [5.41, 5.74) is 18.8. The van der Waals surface area contributed by atoms with E-state index >= 15 is 0 Å². The third-order valence-corrected chi connectivity index (χ3v) is 13.4. The van der Waals surface area contributed by atoms with Crippen molar-refractivity contribution in [2.45, 2.75) is 0 Å². The molecule has 4 nitrogen and oxygen atoms in total. The van der Waals surface area contributed by atoms with Gasteiger partial charge in [-0.15, -0.1) is 0 Å². The van der Waals surface area contributed by atoms with E-state index in [4.69, 9.17) is 9.97 Å². The summed E-state index contributed by atoms with van der Waals surface area (Å²) >= 11 is 0. The summed E-state index contributed by atoms with van der Waals surface area (Å²) in [7, 11) is 0. The van der Waals surface area contributed by atoms with Crippen LogP contribution in [0.2, 0.25) is 0 Å². The maximum Gasteiger partial charge on any atom is 0.160 e. The van der Waals surface area contributed by atoms with Gasteiger partial charge in [0.05, 0.1) is 33.5 Å². The number of hydrogen-bond donors (Lipinski definition) is 0. The highest BCUT2D eigenvalue weighted by Gasteiger charge is 2.18. The monoisotopic (exact) mass is 866 g/mol. The summed E-state index contributed by atoms with van der Waals surface area (Å²) in [6.45, 7) is 0. The molecule has 318 valence electrons. The molecule has 0 saturated carbocycles. The average molecular weight is 867 g/mol. The van der Waals surface area contributed by atoms with Crippen molar-refractivity contribution in [3.05, 3.63) is 255 Å². The first-order valence-corrected chi connectivity index (χ1v) is 23.1. The van der Waals surface area contributed by atoms with E-state index in [0.29, 0.717) is 5.82 Å². The SMILES string of the molecule is c1ccc(-c2ccc(-c3ccc(-n4c5ccccc5c5cc(-c6ccc7c8ccccc8n(-c8cccc(-c9nc(-c%10ccccc%10)cc(-c%10ccccc%10)n9)c8)c7c6)ccc54)cc3)cc2)cc1. The zero-order chi connectivity index (χ0) is 45.0. The van der Waals surface area contributed by atoms with E-state index in [1.54, 1.807) is 0 Å². The van der Waals surface area contributed by atoms with Crippen LogP contribution in [0.1, 0.15) is 0 Å². The second-order valence-electron chi connectivity index (χ2n) is 17.4. The molecule has 0 saturated heterocycles. The Balaban J connectivity index is 0.892. The molecule has 0 radical (unpaired) electrons. The van der Waals surface area contributed by atoms with Gasteiger partial charge in [0.1, 0.15) is 0 Å². The van der Waals surface area contributed by atoms with Crippen LogP contribution in [0.4, 0.5) is 0 Å². The minimum absolute atomic E-state index is 0.686. The molecule has 68 heavy (non-hydrogen) atoms. The maximum absolute atomic E-state index is 5.17. The van der Waals surface area contributed by atoms with Crippen molar-refractivity contribution in [2.24, 2.45) is 0 Å². The fourth-order valence-electron chi connectivity index (χ4n) is 10.0. The Hall–Kier alpha value is -9.12. The number of para-hydroxylation sites is 2. The van der Waals surface area contributed by atoms with Gasteiger partial charge >= 0.3 is 0 Å². The Morgan fingerprint density at radius 3 is 1.26 bits per heavy atom. The van der Waals surface area contributed by atoms with E-state index < -0.39 is 0 Å². The van der Waals surface area contributed by atoms with Crippen molar-refractivity contribution in [2.75, 3.05) is 0 Å². The van der Waals surface area contributed by atoms with E-state index in [0.717, 1.165) is 56.0 Å². The van der Waals surface area contributed by atoms with E-state index in [1.165, 1.54) is 60.4 Å². The Morgan fingerprint density at radius 1 is 0.221 bits per heavy atom. The topological polar surface area (TPSA) is 35.6 Å². The lowest BCUT2D eigenvalue weighted by Crippen LogP contribution is -1.98. The second-order valence-corrected chi connectivity index (χ2v) is 17.4. The number of fused-ring (bicyclic) bond motifs is 6. The van der Waals surface area contributed by atoms with Gasteiger partial charge in [-0.25, -0.2) is 9.97 Å². The number of nitrogens with zero attached hydrogens (tertiary/aromatic N) is 4. The highest BCUT2D eigenvalue weighted by molar-refractivity contribution is 6.12. The van der Waals surface area contributed by atoms with Gasteiger partial charge < -0.3 is 9.13 Å². The summed E-state index contributed by atoms with van der Waals surface area (Å²) in [6, 6.07) is 91.1. The molecule has 0 aliphatic carbocycles. The molecule has 0 fully saturated rings. The van der Waals surface area contributed by atoms with Crippen LogP contribution in [-0.2, 0) is 0 Å². The van der Waals surface area contributed by atoms with E-state index in [-0.39, 0.29) is 0 Å². The number of aromatic nitrogens is 4. The highest BCUT2D eigenvalue weighted by Crippen LogP contribution is 2.39. The highest BCUT2D eigenvalue weighted by atomic mass is 15.0. The van der Waals surface area contributed by atoms with Crippen molar-refractivity contribution in [1.82, 2.24) is 19.1 Å². The first-order chi connectivity index (χ1) is 33.7. The zero-order valence-corrected chi connectivity index (χ0v) is 37.0. The molecule has 0 unspecified atom stereocenters. The molecule has 13 rings (SSSR count). The summed E-state index contributed by atoms with van der Waals surface area (Å²) in [5, 5.41) is 4.86. The molecule has 10 aromatic carbocycles. The smallest absolute Gasteiger partial charge is 0.160 e. The molecule has 0 spiro atoms. The first-order valence-electron chi connectivity index (χ1n) is 23.1. The van der Waals surface area contributed by atoms with Crippen LogP contribution in [0.25, 0.3) is 122 Å². The summed E-state index contributed by atoms with van der Waals surface area (Å²) in [5.74, 6) is 0.686. The third kappa shape index (κ3) is 6.86. The first kappa shape index (κ1) is 39.3. The fraction of sp³-hybridized carbons (Fsp3) is 0. The molecular formula is C64H42N4. The molecule has 3 heterocycles. The van der Waals surface area contributed by atoms with Crippen molar-refractivity contribution >= 4 is 43.6 Å². The van der Waals surface area contributed by atoms with Crippen molar-refractivity contribution in [3.63, 3.8) is 0 Å². The Morgan fingerprint density at radius 2 is 0.647 bits per heavy atom. The van der Waals surface area contributed by atoms with Crippen LogP contribution in [0, 0.1) is 0 Å². The zero-order valence-electron chi connectivity index (χ0n) is 37.0. The molecule has 0 N–H and O–H groups in total. The lowest BCUT2D eigenvalue weighted by Gasteiger charge is -2.13. The Labute approximate surface area is 394 Å². The summed E-state index contributed by atoms with van der Waals surface area (Å²) in [4.78, 5) is 10.3. The van der Waals surface area contributed by atoms with Crippen molar-refractivity contribution < 1.29 is 0 Å². The van der Waals surface area contributed by atoms with Crippen LogP contribution in [0.3, 0.4) is 0 Å². The predicted octanol–water partition coefficient (Wildman–Crippen LogP) is 16.7. The van der Waals surface area contributed by atoms with Gasteiger partial charge in [-0.3, -0.25) is 0 Å². The third-order valence-electron chi connectivity index (χ3n) is 13.4. The van der Waals surface area contributed by atoms with Crippen molar-refractivity contribution in [1.29, 1.82) is 0 Å². The van der Waals surface area contributed by atoms with Crippen LogP contribution in [0.15, 0.2) is 255 Å². The molecule has 0 aliphatic heterocycles. The van der Waals surface area contributed by atoms with Gasteiger partial charge in [0.15, 0.2) is 5.82 Å². The largest absolute Gasteiger partial charge is 0.309 e. The van der Waals surface area contributed by atoms with Crippen LogP contribution < -0.4 is 0 Å². The van der Waals surface area contributed by atoms with Crippen molar-refractivity contribution in [3.8, 4) is 78.7 Å². The van der Waals surface area contributed by atoms with Gasteiger partial charge in [0.25, 0.3) is 0 Å². The Kier molecular flexibility index (Phi) is 9.47. The van der Waals surface area contributed by atoms with Gasteiger partial charge in [0, 0.05) is 49.6 Å². The quantitative estimate of drug-likeness (QED) is 0.153. The summed E-state index contributed by atoms with van der Waals surface area (Å²) < 4.78 is 4.79. The van der Waals surface area contributed by atoms with Crippen LogP contribution in [0.5, 0.6) is 0 Å². The van der Waals surface area contributed by atoms with Crippen LogP contribution >= 0.6 is 0 Å². The van der Waals surface area contributed by atoms with Gasteiger partial charge in [0.2, 0.25) is 0 Å². The molecule has 0 aliphatic rings. The fourth-order valence-corrected chi connectivity index (χ4v) is 10.0.